The van der Waals surface area contributed by atoms with E-state index in [1.54, 1.807) is 7.11 Å². The molecule has 1 rings (SSSR count). The number of ether oxygens (including phenoxy) is 1. The SMILES string of the molecule is COCCCCC(CBr)Cc1ccc(Br)cc1. The molecule has 0 aromatic heterocycles. The van der Waals surface area contributed by atoms with Gasteiger partial charge >= 0.3 is 0 Å². The number of hydrogen-bond donors (Lipinski definition) is 0. The van der Waals surface area contributed by atoms with Crippen molar-refractivity contribution in [2.45, 2.75) is 25.7 Å². The lowest BCUT2D eigenvalue weighted by Gasteiger charge is -2.14. The highest BCUT2D eigenvalue weighted by Gasteiger charge is 2.08. The minimum atomic E-state index is 0.730. The fourth-order valence-corrected chi connectivity index (χ4v) is 2.68. The van der Waals surface area contributed by atoms with Gasteiger partial charge in [0.25, 0.3) is 0 Å². The van der Waals surface area contributed by atoms with Crippen molar-refractivity contribution in [3.05, 3.63) is 34.3 Å². The van der Waals surface area contributed by atoms with Gasteiger partial charge in [-0.15, -0.1) is 0 Å². The molecule has 1 atom stereocenters. The van der Waals surface area contributed by atoms with Crippen LogP contribution >= 0.6 is 31.9 Å². The number of benzene rings is 1. The number of unbranched alkanes of at least 4 members (excludes halogenated alkanes) is 1. The fourth-order valence-electron chi connectivity index (χ4n) is 1.87. The molecule has 17 heavy (non-hydrogen) atoms. The van der Waals surface area contributed by atoms with Crippen molar-refractivity contribution in [3.8, 4) is 0 Å². The normalized spacial score (nSPS) is 12.6. The van der Waals surface area contributed by atoms with Gasteiger partial charge in [0, 0.05) is 23.5 Å². The molecular weight excluding hydrogens is 344 g/mol. The van der Waals surface area contributed by atoms with Crippen molar-refractivity contribution in [1.29, 1.82) is 0 Å². The zero-order valence-corrected chi connectivity index (χ0v) is 13.5. The minimum Gasteiger partial charge on any atom is -0.385 e. The smallest absolute Gasteiger partial charge is 0.0462 e. The zero-order chi connectivity index (χ0) is 12.5. The highest BCUT2D eigenvalue weighted by atomic mass is 79.9. The second-order valence-corrected chi connectivity index (χ2v) is 5.90. The van der Waals surface area contributed by atoms with E-state index in [0.717, 1.165) is 28.7 Å². The lowest BCUT2D eigenvalue weighted by atomic mass is 9.96. The van der Waals surface area contributed by atoms with Crippen LogP contribution in [0, 0.1) is 5.92 Å². The van der Waals surface area contributed by atoms with Crippen LogP contribution in [0.3, 0.4) is 0 Å². The number of halogens is 2. The van der Waals surface area contributed by atoms with Gasteiger partial charge in [-0.1, -0.05) is 50.4 Å². The van der Waals surface area contributed by atoms with E-state index < -0.39 is 0 Å². The molecule has 0 heterocycles. The lowest BCUT2D eigenvalue weighted by Crippen LogP contribution is -2.06. The topological polar surface area (TPSA) is 9.23 Å². The summed E-state index contributed by atoms with van der Waals surface area (Å²) < 4.78 is 6.22. The van der Waals surface area contributed by atoms with Gasteiger partial charge in [0.1, 0.15) is 0 Å². The van der Waals surface area contributed by atoms with Crippen molar-refractivity contribution in [1.82, 2.24) is 0 Å². The van der Waals surface area contributed by atoms with E-state index in [-0.39, 0.29) is 0 Å². The van der Waals surface area contributed by atoms with Crippen LogP contribution in [0.5, 0.6) is 0 Å². The van der Waals surface area contributed by atoms with E-state index in [4.69, 9.17) is 4.74 Å². The van der Waals surface area contributed by atoms with Gasteiger partial charge < -0.3 is 4.74 Å². The molecule has 0 aliphatic rings. The third kappa shape index (κ3) is 6.58. The summed E-state index contributed by atoms with van der Waals surface area (Å²) in [6.45, 7) is 0.882. The van der Waals surface area contributed by atoms with Crippen molar-refractivity contribution < 1.29 is 4.74 Å². The summed E-state index contributed by atoms with van der Waals surface area (Å²) in [5, 5.41) is 1.08. The summed E-state index contributed by atoms with van der Waals surface area (Å²) in [5.41, 5.74) is 1.42. The molecule has 1 aromatic carbocycles. The van der Waals surface area contributed by atoms with E-state index in [2.05, 4.69) is 56.1 Å². The van der Waals surface area contributed by atoms with Crippen LogP contribution in [0.1, 0.15) is 24.8 Å². The molecule has 0 saturated heterocycles. The van der Waals surface area contributed by atoms with E-state index in [1.165, 1.54) is 24.8 Å². The molecule has 3 heteroatoms. The Morgan fingerprint density at radius 2 is 1.88 bits per heavy atom. The van der Waals surface area contributed by atoms with Crippen LogP contribution in [0.25, 0.3) is 0 Å². The predicted molar refractivity (Wildman–Crippen MR) is 80.9 cm³/mol. The van der Waals surface area contributed by atoms with Crippen LogP contribution in [-0.4, -0.2) is 19.0 Å². The van der Waals surface area contributed by atoms with Crippen molar-refractivity contribution in [2.75, 3.05) is 19.0 Å². The molecule has 0 fully saturated rings. The Labute approximate surface area is 121 Å². The van der Waals surface area contributed by atoms with E-state index in [1.807, 2.05) is 0 Å². The van der Waals surface area contributed by atoms with Gasteiger partial charge in [-0.25, -0.2) is 0 Å². The summed E-state index contributed by atoms with van der Waals surface area (Å²) in [6, 6.07) is 8.64. The Balaban J connectivity index is 2.33. The summed E-state index contributed by atoms with van der Waals surface area (Å²) >= 11 is 7.08. The standard InChI is InChI=1S/C14H20Br2O/c1-17-9-3-2-4-13(11-15)10-12-5-7-14(16)8-6-12/h5-8,13H,2-4,9-11H2,1H3. The van der Waals surface area contributed by atoms with Gasteiger partial charge in [0.05, 0.1) is 0 Å². The van der Waals surface area contributed by atoms with Gasteiger partial charge in [-0.3, -0.25) is 0 Å². The maximum atomic E-state index is 5.07. The van der Waals surface area contributed by atoms with Gasteiger partial charge in [0.15, 0.2) is 0 Å². The highest BCUT2D eigenvalue weighted by molar-refractivity contribution is 9.10. The number of methoxy groups -OCH3 is 1. The fraction of sp³-hybridized carbons (Fsp3) is 0.571. The first-order chi connectivity index (χ1) is 8.26. The molecule has 1 aromatic rings. The quantitative estimate of drug-likeness (QED) is 0.475. The first-order valence-corrected chi connectivity index (χ1v) is 7.97. The summed E-state index contributed by atoms with van der Waals surface area (Å²) in [6.07, 6.45) is 4.84. The molecule has 0 bridgehead atoms. The average Bonchev–Trinajstić information content (AvgIpc) is 2.35. The Hall–Kier alpha value is 0.140. The van der Waals surface area contributed by atoms with Crippen molar-refractivity contribution in [3.63, 3.8) is 0 Å². The Morgan fingerprint density at radius 3 is 2.47 bits per heavy atom. The Kier molecular flexibility index (Phi) is 8.15. The molecule has 1 unspecified atom stereocenters. The van der Waals surface area contributed by atoms with Crippen LogP contribution in [0.4, 0.5) is 0 Å². The van der Waals surface area contributed by atoms with Gasteiger partial charge in [0.2, 0.25) is 0 Å². The maximum Gasteiger partial charge on any atom is 0.0462 e. The molecule has 0 saturated carbocycles. The molecule has 0 radical (unpaired) electrons. The molecule has 0 aliphatic heterocycles. The summed E-state index contributed by atoms with van der Waals surface area (Å²) in [4.78, 5) is 0. The molecule has 0 aliphatic carbocycles. The summed E-state index contributed by atoms with van der Waals surface area (Å²) in [5.74, 6) is 0.730. The van der Waals surface area contributed by atoms with E-state index in [9.17, 15) is 0 Å². The van der Waals surface area contributed by atoms with Gasteiger partial charge in [-0.2, -0.15) is 0 Å². The highest BCUT2D eigenvalue weighted by Crippen LogP contribution is 2.19. The Bertz CT molecular complexity index is 298. The molecule has 0 amide bonds. The molecule has 0 N–H and O–H groups in total. The molecule has 96 valence electrons. The first kappa shape index (κ1) is 15.2. The van der Waals surface area contributed by atoms with Gasteiger partial charge in [-0.05, 0) is 42.9 Å². The second kappa shape index (κ2) is 9.12. The molecular formula is C14H20Br2O. The van der Waals surface area contributed by atoms with Crippen LogP contribution in [-0.2, 0) is 11.2 Å². The van der Waals surface area contributed by atoms with Crippen molar-refractivity contribution >= 4 is 31.9 Å². The third-order valence-electron chi connectivity index (χ3n) is 2.87. The van der Waals surface area contributed by atoms with E-state index in [0.29, 0.717) is 0 Å². The number of rotatable bonds is 8. The zero-order valence-electron chi connectivity index (χ0n) is 10.3. The minimum absolute atomic E-state index is 0.730. The van der Waals surface area contributed by atoms with Crippen molar-refractivity contribution in [2.24, 2.45) is 5.92 Å². The lowest BCUT2D eigenvalue weighted by molar-refractivity contribution is 0.190. The monoisotopic (exact) mass is 362 g/mol. The van der Waals surface area contributed by atoms with Crippen LogP contribution < -0.4 is 0 Å². The van der Waals surface area contributed by atoms with E-state index >= 15 is 0 Å². The molecule has 1 nitrogen and oxygen atoms in total. The first-order valence-electron chi connectivity index (χ1n) is 6.05. The maximum absolute atomic E-state index is 5.07. The number of hydrogen-bond acceptors (Lipinski definition) is 1. The van der Waals surface area contributed by atoms with Crippen LogP contribution in [0.2, 0.25) is 0 Å². The summed E-state index contributed by atoms with van der Waals surface area (Å²) in [7, 11) is 1.77. The molecule has 0 spiro atoms. The third-order valence-corrected chi connectivity index (χ3v) is 4.31. The number of alkyl halides is 1. The second-order valence-electron chi connectivity index (χ2n) is 4.34. The Morgan fingerprint density at radius 1 is 1.18 bits per heavy atom. The largest absolute Gasteiger partial charge is 0.385 e. The van der Waals surface area contributed by atoms with Crippen LogP contribution in [0.15, 0.2) is 28.7 Å². The predicted octanol–water partition coefficient (Wildman–Crippen LogP) is 4.82. The average molecular weight is 364 g/mol.